The van der Waals surface area contributed by atoms with Gasteiger partial charge in [-0.05, 0) is 13.0 Å². The van der Waals surface area contributed by atoms with Gasteiger partial charge in [-0.1, -0.05) is 13.8 Å². The molecule has 0 aliphatic heterocycles. The summed E-state index contributed by atoms with van der Waals surface area (Å²) in [5.74, 6) is -2.28. The van der Waals surface area contributed by atoms with Gasteiger partial charge in [0.1, 0.15) is 12.3 Å². The lowest BCUT2D eigenvalue weighted by molar-refractivity contribution is -0.108. The molecule has 0 saturated heterocycles. The lowest BCUT2D eigenvalue weighted by atomic mass is 10.0. The van der Waals surface area contributed by atoms with Gasteiger partial charge in [-0.25, -0.2) is 14.2 Å². The van der Waals surface area contributed by atoms with Gasteiger partial charge >= 0.3 is 5.97 Å². The van der Waals surface area contributed by atoms with E-state index in [1.54, 1.807) is 6.92 Å². The lowest BCUT2D eigenvalue weighted by Crippen LogP contribution is -2.16. The van der Waals surface area contributed by atoms with Crippen molar-refractivity contribution in [3.05, 3.63) is 45.7 Å². The molecule has 1 aromatic heterocycles. The van der Waals surface area contributed by atoms with Gasteiger partial charge in [-0.15, -0.1) is 11.3 Å². The molecule has 0 aliphatic rings. The molecular formula is C21H27FN4O5S. The molecule has 0 unspecified atom stereocenters. The molecule has 1 aromatic carbocycles. The number of methoxy groups -OCH3 is 1. The normalized spacial score (nSPS) is 10.7. The maximum Gasteiger partial charge on any atom is 0.367 e. The van der Waals surface area contributed by atoms with Gasteiger partial charge in [-0.3, -0.25) is 10.2 Å². The molecule has 0 aliphatic carbocycles. The first kappa shape index (κ1) is 26.7. The first-order valence-electron chi connectivity index (χ1n) is 9.72. The van der Waals surface area contributed by atoms with E-state index in [0.717, 1.165) is 23.5 Å². The summed E-state index contributed by atoms with van der Waals surface area (Å²) in [5, 5.41) is 8.14. The molecule has 0 saturated carbocycles. The Labute approximate surface area is 189 Å². The number of nitrogens with two attached hydrogens (primary N) is 2. The number of carbonyl (C=O) groups excluding carboxylic acids is 2. The molecule has 0 spiro atoms. The molecule has 11 heteroatoms. The third-order valence-corrected chi connectivity index (χ3v) is 4.72. The van der Waals surface area contributed by atoms with E-state index in [4.69, 9.17) is 31.1 Å². The van der Waals surface area contributed by atoms with E-state index in [0.29, 0.717) is 4.88 Å². The van der Waals surface area contributed by atoms with Gasteiger partial charge in [0.05, 0.1) is 23.8 Å². The number of anilines is 1. The summed E-state index contributed by atoms with van der Waals surface area (Å²) in [6.45, 7) is 6.24. The number of nitrogens with one attached hydrogen (secondary N) is 1. The van der Waals surface area contributed by atoms with Crippen LogP contribution in [0.2, 0.25) is 0 Å². The second-order valence-corrected chi connectivity index (χ2v) is 6.83. The molecule has 0 radical (unpaired) electrons. The Morgan fingerprint density at radius 3 is 2.59 bits per heavy atom. The van der Waals surface area contributed by atoms with Crippen molar-refractivity contribution in [3.63, 3.8) is 0 Å². The van der Waals surface area contributed by atoms with Crippen molar-refractivity contribution in [2.45, 2.75) is 20.8 Å². The van der Waals surface area contributed by atoms with Crippen molar-refractivity contribution >= 4 is 40.2 Å². The first-order chi connectivity index (χ1) is 15.3. The number of esters is 1. The standard InChI is InChI=1S/C19H21FN4O5S.C2H6/c1-3-28-19(26)18-24-9-16(30-18)13(22)7-14(25)17(23)10-6-11(20)15(8-12(10)21)29-5-4-27-2;1-2/h6-9,23H,3-5,21-22H2,1-2H3;1-2H3/b13-7-,23-17?;. The van der Waals surface area contributed by atoms with E-state index in [1.165, 1.54) is 19.4 Å². The number of aromatic nitrogens is 1. The van der Waals surface area contributed by atoms with E-state index in [9.17, 15) is 14.0 Å². The van der Waals surface area contributed by atoms with Crippen molar-refractivity contribution in [1.29, 1.82) is 5.41 Å². The van der Waals surface area contributed by atoms with E-state index in [2.05, 4.69) is 4.98 Å². The highest BCUT2D eigenvalue weighted by Crippen LogP contribution is 2.25. The van der Waals surface area contributed by atoms with Crippen molar-refractivity contribution < 1.29 is 28.2 Å². The smallest absolute Gasteiger partial charge is 0.367 e. The second kappa shape index (κ2) is 13.2. The number of allylic oxidation sites excluding steroid dienone is 1. The third kappa shape index (κ3) is 7.13. The Bertz CT molecular complexity index is 991. The van der Waals surface area contributed by atoms with Gasteiger partial charge in [0.2, 0.25) is 10.8 Å². The number of hydrogen-bond acceptors (Lipinski definition) is 10. The minimum Gasteiger partial charge on any atom is -0.488 e. The minimum atomic E-state index is -0.794. The van der Waals surface area contributed by atoms with Crippen LogP contribution in [0.25, 0.3) is 5.70 Å². The molecule has 0 fully saturated rings. The Balaban J connectivity index is 0.00000249. The molecule has 9 nitrogen and oxygen atoms in total. The Hall–Kier alpha value is -3.31. The predicted octanol–water partition coefficient (Wildman–Crippen LogP) is 3.03. The summed E-state index contributed by atoms with van der Waals surface area (Å²) in [4.78, 5) is 28.3. The van der Waals surface area contributed by atoms with E-state index < -0.39 is 23.3 Å². The molecule has 0 atom stereocenters. The molecular weight excluding hydrogens is 439 g/mol. The van der Waals surface area contributed by atoms with Crippen molar-refractivity contribution in [2.75, 3.05) is 32.7 Å². The largest absolute Gasteiger partial charge is 0.488 e. The number of nitrogens with zero attached hydrogens (tertiary/aromatic N) is 1. The van der Waals surface area contributed by atoms with Gasteiger partial charge in [0.15, 0.2) is 11.6 Å². The zero-order valence-electron chi connectivity index (χ0n) is 18.4. The summed E-state index contributed by atoms with van der Waals surface area (Å²) in [6, 6.07) is 2.15. The molecule has 5 N–H and O–H groups in total. The molecule has 2 rings (SSSR count). The lowest BCUT2D eigenvalue weighted by Gasteiger charge is -2.11. The van der Waals surface area contributed by atoms with Gasteiger partial charge < -0.3 is 25.7 Å². The molecule has 174 valence electrons. The highest BCUT2D eigenvalue weighted by atomic mass is 32.1. The van der Waals surface area contributed by atoms with Crippen LogP contribution in [0.5, 0.6) is 5.75 Å². The van der Waals surface area contributed by atoms with Crippen LogP contribution in [0.4, 0.5) is 10.1 Å². The van der Waals surface area contributed by atoms with Crippen molar-refractivity contribution in [2.24, 2.45) is 5.73 Å². The number of thiazole rings is 1. The second-order valence-electron chi connectivity index (χ2n) is 5.80. The van der Waals surface area contributed by atoms with Crippen molar-refractivity contribution in [1.82, 2.24) is 4.98 Å². The Kier molecular flexibility index (Phi) is 11.0. The van der Waals surface area contributed by atoms with Crippen LogP contribution in [-0.2, 0) is 14.3 Å². The molecule has 0 bridgehead atoms. The summed E-state index contributed by atoms with van der Waals surface area (Å²) < 4.78 is 29.1. The van der Waals surface area contributed by atoms with Crippen LogP contribution < -0.4 is 16.2 Å². The Morgan fingerprint density at radius 2 is 1.97 bits per heavy atom. The van der Waals surface area contributed by atoms with Gasteiger partial charge in [0, 0.05) is 36.7 Å². The summed E-state index contributed by atoms with van der Waals surface area (Å²) in [7, 11) is 1.48. The average Bonchev–Trinajstić information content (AvgIpc) is 3.28. The first-order valence-corrected chi connectivity index (χ1v) is 10.5. The summed E-state index contributed by atoms with van der Waals surface area (Å²) in [5.41, 5.74) is 11.1. The summed E-state index contributed by atoms with van der Waals surface area (Å²) in [6.07, 6.45) is 2.31. The number of carbonyl (C=O) groups is 2. The van der Waals surface area contributed by atoms with E-state index >= 15 is 0 Å². The Morgan fingerprint density at radius 1 is 1.28 bits per heavy atom. The van der Waals surface area contributed by atoms with E-state index in [1.807, 2.05) is 13.8 Å². The highest BCUT2D eigenvalue weighted by Gasteiger charge is 2.19. The predicted molar refractivity (Wildman–Crippen MR) is 122 cm³/mol. The van der Waals surface area contributed by atoms with Crippen LogP contribution in [0, 0.1) is 11.2 Å². The number of nitrogen functional groups attached to an aromatic ring is 1. The number of ketones is 1. The third-order valence-electron chi connectivity index (χ3n) is 3.69. The topological polar surface area (TPSA) is 151 Å². The fourth-order valence-corrected chi connectivity index (χ4v) is 2.98. The average molecular weight is 467 g/mol. The zero-order valence-corrected chi connectivity index (χ0v) is 19.2. The summed E-state index contributed by atoms with van der Waals surface area (Å²) >= 11 is 0.942. The SMILES string of the molecule is CC.CCOC(=O)c1ncc(/C(N)=C/C(=O)C(=N)c2cc(F)c(OCCOC)cc2N)s1. The highest BCUT2D eigenvalue weighted by molar-refractivity contribution is 7.14. The molecule has 0 amide bonds. The minimum absolute atomic E-state index is 0.00322. The fraction of sp³-hybridized carbons (Fsp3) is 0.333. The van der Waals surface area contributed by atoms with E-state index in [-0.39, 0.29) is 47.5 Å². The monoisotopic (exact) mass is 466 g/mol. The number of ether oxygens (including phenoxy) is 3. The van der Waals surface area contributed by atoms with Gasteiger partial charge in [0.25, 0.3) is 0 Å². The zero-order chi connectivity index (χ0) is 24.3. The molecule has 2 aromatic rings. The van der Waals surface area contributed by atoms with Crippen LogP contribution in [0.1, 0.15) is 41.0 Å². The molecule has 32 heavy (non-hydrogen) atoms. The van der Waals surface area contributed by atoms with Crippen molar-refractivity contribution in [3.8, 4) is 5.75 Å². The molecule has 1 heterocycles. The number of benzene rings is 1. The van der Waals surface area contributed by atoms with Gasteiger partial charge in [-0.2, -0.15) is 0 Å². The van der Waals surface area contributed by atoms with Crippen LogP contribution >= 0.6 is 11.3 Å². The number of rotatable bonds is 10. The maximum atomic E-state index is 14.2. The quantitative estimate of drug-likeness (QED) is 0.159. The maximum absolute atomic E-state index is 14.2. The number of hydrogen-bond donors (Lipinski definition) is 3. The fourth-order valence-electron chi connectivity index (χ4n) is 2.24. The number of halogens is 1. The van der Waals surface area contributed by atoms with Crippen LogP contribution in [0.3, 0.4) is 0 Å². The van der Waals surface area contributed by atoms with Crippen LogP contribution in [-0.4, -0.2) is 49.4 Å². The van der Waals surface area contributed by atoms with Crippen LogP contribution in [0.15, 0.2) is 24.4 Å².